The highest BCUT2D eigenvalue weighted by Gasteiger charge is 2.26. The van der Waals surface area contributed by atoms with Crippen LogP contribution in [-0.4, -0.2) is 11.8 Å². The number of rotatable bonds is 2. The van der Waals surface area contributed by atoms with Gasteiger partial charge in [0.05, 0.1) is 6.04 Å². The van der Waals surface area contributed by atoms with E-state index in [1.165, 1.54) is 6.42 Å². The molecule has 0 heterocycles. The molecule has 2 nitrogen and oxygen atoms in total. The quantitative estimate of drug-likeness (QED) is 0.593. The molecule has 0 aromatic heterocycles. The summed E-state index contributed by atoms with van der Waals surface area (Å²) in [5, 5.41) is 0. The molecule has 0 bridgehead atoms. The molecule has 1 aliphatic rings. The Bertz CT molecular complexity index is 116. The normalized spacial score (nSPS) is 22.9. The predicted molar refractivity (Wildman–Crippen MR) is 36.0 cm³/mol. The Morgan fingerprint density at radius 1 is 1.67 bits per heavy atom. The third-order valence-electron chi connectivity index (χ3n) is 1.96. The van der Waals surface area contributed by atoms with Crippen LogP contribution in [0.5, 0.6) is 0 Å². The minimum Gasteiger partial charge on any atom is -0.322 e. The zero-order chi connectivity index (χ0) is 6.85. The Labute approximate surface area is 55.4 Å². The first-order valence-corrected chi connectivity index (χ1v) is 3.51. The molecule has 1 fully saturated rings. The van der Waals surface area contributed by atoms with Crippen LogP contribution >= 0.6 is 0 Å². The molecule has 0 saturated heterocycles. The maximum absolute atomic E-state index is 11.0. The second-order valence-corrected chi connectivity index (χ2v) is 2.82. The third kappa shape index (κ3) is 1.30. The van der Waals surface area contributed by atoms with E-state index in [0.29, 0.717) is 5.92 Å². The molecule has 1 atom stereocenters. The maximum Gasteiger partial charge on any atom is 0.152 e. The van der Waals surface area contributed by atoms with Gasteiger partial charge in [0.1, 0.15) is 0 Å². The topological polar surface area (TPSA) is 43.1 Å². The lowest BCUT2D eigenvalue weighted by Crippen LogP contribution is -2.35. The van der Waals surface area contributed by atoms with E-state index in [9.17, 15) is 4.79 Å². The molecule has 9 heavy (non-hydrogen) atoms. The average molecular weight is 127 g/mol. The zero-order valence-corrected chi connectivity index (χ0v) is 5.76. The van der Waals surface area contributed by atoms with Gasteiger partial charge in [-0.2, -0.15) is 0 Å². The number of ketones is 1. The number of carbonyl (C=O) groups excluding carboxylic acids is 1. The molecule has 0 aromatic carbocycles. The molecule has 1 saturated carbocycles. The van der Waals surface area contributed by atoms with Gasteiger partial charge in [-0.05, 0) is 19.8 Å². The molecule has 1 unspecified atom stereocenters. The van der Waals surface area contributed by atoms with E-state index in [-0.39, 0.29) is 11.8 Å². The van der Waals surface area contributed by atoms with Crippen LogP contribution in [0.15, 0.2) is 0 Å². The first kappa shape index (κ1) is 6.75. The SMILES string of the molecule is CC(N)C(=O)C1CCC1. The van der Waals surface area contributed by atoms with Gasteiger partial charge in [0, 0.05) is 5.92 Å². The second-order valence-electron chi connectivity index (χ2n) is 2.82. The standard InChI is InChI=1S/C7H13NO/c1-5(8)7(9)6-3-2-4-6/h5-6H,2-4,8H2,1H3. The highest BCUT2D eigenvalue weighted by molar-refractivity contribution is 5.86. The van der Waals surface area contributed by atoms with Crippen LogP contribution in [0.4, 0.5) is 0 Å². The molecule has 0 aliphatic heterocycles. The van der Waals surface area contributed by atoms with Crippen molar-refractivity contribution in [2.75, 3.05) is 0 Å². The van der Waals surface area contributed by atoms with Crippen molar-refractivity contribution in [1.29, 1.82) is 0 Å². The molecular weight excluding hydrogens is 114 g/mol. The fourth-order valence-electron chi connectivity index (χ4n) is 1.06. The lowest BCUT2D eigenvalue weighted by Gasteiger charge is -2.25. The van der Waals surface area contributed by atoms with E-state index in [0.717, 1.165) is 12.8 Å². The first-order chi connectivity index (χ1) is 4.22. The van der Waals surface area contributed by atoms with Crippen molar-refractivity contribution < 1.29 is 4.79 Å². The highest BCUT2D eigenvalue weighted by Crippen LogP contribution is 2.27. The van der Waals surface area contributed by atoms with E-state index < -0.39 is 0 Å². The fourth-order valence-corrected chi connectivity index (χ4v) is 1.06. The van der Waals surface area contributed by atoms with Crippen LogP contribution in [0.2, 0.25) is 0 Å². The Hall–Kier alpha value is -0.370. The van der Waals surface area contributed by atoms with Crippen molar-refractivity contribution in [2.45, 2.75) is 32.2 Å². The van der Waals surface area contributed by atoms with Crippen molar-refractivity contribution in [3.05, 3.63) is 0 Å². The monoisotopic (exact) mass is 127 g/mol. The molecule has 1 rings (SSSR count). The Kier molecular flexibility index (Phi) is 1.86. The summed E-state index contributed by atoms with van der Waals surface area (Å²) in [4.78, 5) is 11.0. The van der Waals surface area contributed by atoms with Crippen LogP contribution in [0, 0.1) is 5.92 Å². The number of carbonyl (C=O) groups is 1. The summed E-state index contributed by atoms with van der Waals surface area (Å²) < 4.78 is 0. The molecule has 0 spiro atoms. The third-order valence-corrected chi connectivity index (χ3v) is 1.96. The van der Waals surface area contributed by atoms with Gasteiger partial charge in [-0.15, -0.1) is 0 Å². The van der Waals surface area contributed by atoms with Gasteiger partial charge >= 0.3 is 0 Å². The van der Waals surface area contributed by atoms with Gasteiger partial charge in [-0.3, -0.25) is 4.79 Å². The molecular formula is C7H13NO. The lowest BCUT2D eigenvalue weighted by atomic mass is 9.80. The van der Waals surface area contributed by atoms with Crippen molar-refractivity contribution >= 4 is 5.78 Å². The van der Waals surface area contributed by atoms with Crippen molar-refractivity contribution in [3.63, 3.8) is 0 Å². The molecule has 0 radical (unpaired) electrons. The second kappa shape index (κ2) is 2.48. The van der Waals surface area contributed by atoms with Gasteiger partial charge in [-0.25, -0.2) is 0 Å². The molecule has 0 amide bonds. The minimum atomic E-state index is -0.240. The van der Waals surface area contributed by atoms with Crippen LogP contribution in [0.25, 0.3) is 0 Å². The van der Waals surface area contributed by atoms with Gasteiger partial charge in [-0.1, -0.05) is 6.42 Å². The zero-order valence-electron chi connectivity index (χ0n) is 5.76. The van der Waals surface area contributed by atoms with Crippen LogP contribution < -0.4 is 5.73 Å². The summed E-state index contributed by atoms with van der Waals surface area (Å²) in [5.41, 5.74) is 5.40. The first-order valence-electron chi connectivity index (χ1n) is 3.51. The number of Topliss-reactive ketones (excluding diaryl/α,β-unsaturated/α-hetero) is 1. The molecule has 2 heteroatoms. The fraction of sp³-hybridized carbons (Fsp3) is 0.857. The van der Waals surface area contributed by atoms with Gasteiger partial charge < -0.3 is 5.73 Å². The van der Waals surface area contributed by atoms with Crippen LogP contribution in [-0.2, 0) is 4.79 Å². The van der Waals surface area contributed by atoms with E-state index in [1.54, 1.807) is 6.92 Å². The molecule has 2 N–H and O–H groups in total. The van der Waals surface area contributed by atoms with Crippen molar-refractivity contribution in [2.24, 2.45) is 11.7 Å². The van der Waals surface area contributed by atoms with E-state index in [2.05, 4.69) is 0 Å². The van der Waals surface area contributed by atoms with Gasteiger partial charge in [0.2, 0.25) is 0 Å². The van der Waals surface area contributed by atoms with E-state index in [1.807, 2.05) is 0 Å². The van der Waals surface area contributed by atoms with Crippen molar-refractivity contribution in [3.8, 4) is 0 Å². The highest BCUT2D eigenvalue weighted by atomic mass is 16.1. The number of nitrogens with two attached hydrogens (primary N) is 1. The summed E-state index contributed by atoms with van der Waals surface area (Å²) in [6.07, 6.45) is 3.35. The Balaban J connectivity index is 2.32. The molecule has 1 aliphatic carbocycles. The van der Waals surface area contributed by atoms with Gasteiger partial charge in [0.25, 0.3) is 0 Å². The summed E-state index contributed by atoms with van der Waals surface area (Å²) in [6.45, 7) is 1.76. The summed E-state index contributed by atoms with van der Waals surface area (Å²) in [5.74, 6) is 0.561. The Morgan fingerprint density at radius 3 is 2.33 bits per heavy atom. The Morgan fingerprint density at radius 2 is 2.22 bits per heavy atom. The van der Waals surface area contributed by atoms with Crippen LogP contribution in [0.1, 0.15) is 26.2 Å². The number of hydrogen-bond donors (Lipinski definition) is 1. The number of hydrogen-bond acceptors (Lipinski definition) is 2. The predicted octanol–water partition coefficient (Wildman–Crippen LogP) is 0.703. The molecule has 0 aromatic rings. The van der Waals surface area contributed by atoms with Crippen LogP contribution in [0.3, 0.4) is 0 Å². The summed E-state index contributed by atoms with van der Waals surface area (Å²) >= 11 is 0. The molecule has 52 valence electrons. The average Bonchev–Trinajstić information content (AvgIpc) is 1.60. The largest absolute Gasteiger partial charge is 0.322 e. The lowest BCUT2D eigenvalue weighted by molar-refractivity contribution is -0.126. The smallest absolute Gasteiger partial charge is 0.152 e. The summed E-state index contributed by atoms with van der Waals surface area (Å²) in [7, 11) is 0. The summed E-state index contributed by atoms with van der Waals surface area (Å²) in [6, 6.07) is -0.240. The van der Waals surface area contributed by atoms with Crippen molar-refractivity contribution in [1.82, 2.24) is 0 Å². The van der Waals surface area contributed by atoms with Gasteiger partial charge in [0.15, 0.2) is 5.78 Å². The van der Waals surface area contributed by atoms with E-state index >= 15 is 0 Å². The minimum absolute atomic E-state index is 0.240. The van der Waals surface area contributed by atoms with E-state index in [4.69, 9.17) is 5.73 Å². The maximum atomic E-state index is 11.0.